The van der Waals surface area contributed by atoms with Gasteiger partial charge in [0.2, 0.25) is 0 Å². The maximum atomic E-state index is 4.92. The van der Waals surface area contributed by atoms with E-state index in [1.54, 1.807) is 0 Å². The molecule has 0 N–H and O–H groups in total. The van der Waals surface area contributed by atoms with Gasteiger partial charge >= 0.3 is 0 Å². The Balaban J connectivity index is 1.15. The van der Waals surface area contributed by atoms with Crippen LogP contribution in [0.3, 0.4) is 0 Å². The molecule has 1 aromatic heterocycles. The Bertz CT molecular complexity index is 2320. The molecule has 0 fully saturated rings. The second-order valence-corrected chi connectivity index (χ2v) is 11.6. The summed E-state index contributed by atoms with van der Waals surface area (Å²) in [6.45, 7) is 0. The molecule has 8 aromatic rings. The average Bonchev–Trinajstić information content (AvgIpc) is 3.48. The number of fused-ring (bicyclic) bond motifs is 3. The van der Waals surface area contributed by atoms with Crippen molar-refractivity contribution in [3.8, 4) is 78.7 Å². The van der Waals surface area contributed by atoms with Gasteiger partial charge in [-0.2, -0.15) is 0 Å². The van der Waals surface area contributed by atoms with Crippen LogP contribution in [0, 0.1) is 0 Å². The summed E-state index contributed by atoms with van der Waals surface area (Å²) in [6, 6.07) is 57.5. The van der Waals surface area contributed by atoms with E-state index in [0.717, 1.165) is 22.3 Å². The van der Waals surface area contributed by atoms with Crippen molar-refractivity contribution in [3.63, 3.8) is 0 Å². The molecule has 0 bridgehead atoms. The average molecular weight is 586 g/mol. The van der Waals surface area contributed by atoms with Crippen LogP contribution in [-0.2, 0) is 0 Å². The molecule has 0 aliphatic heterocycles. The summed E-state index contributed by atoms with van der Waals surface area (Å²) in [7, 11) is 0. The van der Waals surface area contributed by atoms with E-state index in [1.807, 2.05) is 60.7 Å². The van der Waals surface area contributed by atoms with Crippen LogP contribution in [0.2, 0.25) is 0 Å². The van der Waals surface area contributed by atoms with Crippen LogP contribution in [0.1, 0.15) is 0 Å². The van der Waals surface area contributed by atoms with Gasteiger partial charge in [-0.1, -0.05) is 164 Å². The van der Waals surface area contributed by atoms with Crippen molar-refractivity contribution in [1.29, 1.82) is 0 Å². The summed E-state index contributed by atoms with van der Waals surface area (Å²) in [5, 5.41) is 2.62. The second-order valence-electron chi connectivity index (χ2n) is 11.6. The molecule has 3 heteroatoms. The molecule has 46 heavy (non-hydrogen) atoms. The lowest BCUT2D eigenvalue weighted by Crippen LogP contribution is -2.00. The summed E-state index contributed by atoms with van der Waals surface area (Å²) >= 11 is 0. The van der Waals surface area contributed by atoms with E-state index >= 15 is 0 Å². The molecule has 1 aliphatic carbocycles. The van der Waals surface area contributed by atoms with Crippen molar-refractivity contribution in [2.75, 3.05) is 0 Å². The minimum atomic E-state index is 0.656. The first-order chi connectivity index (χ1) is 22.8. The number of rotatable bonds is 5. The molecule has 1 heterocycles. The quantitative estimate of drug-likeness (QED) is 0.202. The summed E-state index contributed by atoms with van der Waals surface area (Å²) in [5.41, 5.74) is 12.9. The summed E-state index contributed by atoms with van der Waals surface area (Å²) in [5.74, 6) is 1.98. The van der Waals surface area contributed by atoms with Gasteiger partial charge in [0.1, 0.15) is 0 Å². The highest BCUT2D eigenvalue weighted by molar-refractivity contribution is 6.20. The van der Waals surface area contributed by atoms with E-state index in [9.17, 15) is 0 Å². The Hall–Kier alpha value is -6.19. The van der Waals surface area contributed by atoms with Crippen LogP contribution in [0.15, 0.2) is 164 Å². The van der Waals surface area contributed by atoms with E-state index in [4.69, 9.17) is 15.0 Å². The van der Waals surface area contributed by atoms with E-state index in [1.165, 1.54) is 49.7 Å². The Morgan fingerprint density at radius 3 is 1.30 bits per heavy atom. The Labute approximate surface area is 267 Å². The number of nitrogens with zero attached hydrogens (tertiary/aromatic N) is 3. The highest BCUT2D eigenvalue weighted by Gasteiger charge is 2.25. The fourth-order valence-electron chi connectivity index (χ4n) is 6.75. The van der Waals surface area contributed by atoms with Crippen molar-refractivity contribution in [1.82, 2.24) is 15.0 Å². The van der Waals surface area contributed by atoms with Crippen LogP contribution >= 0.6 is 0 Å². The second kappa shape index (κ2) is 10.8. The maximum absolute atomic E-state index is 4.92. The van der Waals surface area contributed by atoms with Gasteiger partial charge in [-0.3, -0.25) is 0 Å². The summed E-state index contributed by atoms with van der Waals surface area (Å²) < 4.78 is 0. The molecule has 0 atom stereocenters. The first kappa shape index (κ1) is 26.2. The van der Waals surface area contributed by atoms with Gasteiger partial charge in [0.05, 0.1) is 0 Å². The Morgan fingerprint density at radius 1 is 0.261 bits per heavy atom. The third kappa shape index (κ3) is 4.33. The Kier molecular flexibility index (Phi) is 6.14. The fourth-order valence-corrected chi connectivity index (χ4v) is 6.75. The summed E-state index contributed by atoms with van der Waals surface area (Å²) in [4.78, 5) is 14.7. The smallest absolute Gasteiger partial charge is 0.164 e. The highest BCUT2D eigenvalue weighted by Crippen LogP contribution is 2.52. The zero-order chi connectivity index (χ0) is 30.5. The zero-order valence-electron chi connectivity index (χ0n) is 24.9. The normalized spacial score (nSPS) is 11.5. The molecule has 9 rings (SSSR count). The molecule has 1 aliphatic rings. The van der Waals surface area contributed by atoms with Crippen LogP contribution in [-0.4, -0.2) is 15.0 Å². The van der Waals surface area contributed by atoms with Crippen LogP contribution < -0.4 is 0 Å². The third-order valence-corrected chi connectivity index (χ3v) is 8.90. The van der Waals surface area contributed by atoms with Crippen molar-refractivity contribution >= 4 is 10.8 Å². The van der Waals surface area contributed by atoms with Gasteiger partial charge in [0.25, 0.3) is 0 Å². The van der Waals surface area contributed by atoms with Crippen molar-refractivity contribution in [3.05, 3.63) is 164 Å². The Morgan fingerprint density at radius 2 is 0.696 bits per heavy atom. The first-order valence-electron chi connectivity index (χ1n) is 15.5. The van der Waals surface area contributed by atoms with E-state index in [0.29, 0.717) is 17.5 Å². The minimum absolute atomic E-state index is 0.656. The van der Waals surface area contributed by atoms with Crippen molar-refractivity contribution in [2.24, 2.45) is 0 Å². The molecule has 0 saturated heterocycles. The van der Waals surface area contributed by atoms with Crippen LogP contribution in [0.5, 0.6) is 0 Å². The third-order valence-electron chi connectivity index (χ3n) is 8.90. The molecule has 7 aromatic carbocycles. The molecule has 0 spiro atoms. The molecule has 0 radical (unpaired) electrons. The van der Waals surface area contributed by atoms with Gasteiger partial charge in [-0.05, 0) is 55.3 Å². The van der Waals surface area contributed by atoms with Gasteiger partial charge in [0.15, 0.2) is 17.5 Å². The van der Waals surface area contributed by atoms with E-state index in [-0.39, 0.29) is 0 Å². The highest BCUT2D eigenvalue weighted by atomic mass is 15.0. The van der Waals surface area contributed by atoms with E-state index in [2.05, 4.69) is 103 Å². The molecule has 0 amide bonds. The molecule has 0 saturated carbocycles. The monoisotopic (exact) mass is 585 g/mol. The fraction of sp³-hybridized carbons (Fsp3) is 0. The maximum Gasteiger partial charge on any atom is 0.164 e. The largest absolute Gasteiger partial charge is 0.208 e. The number of hydrogen-bond donors (Lipinski definition) is 0. The van der Waals surface area contributed by atoms with E-state index < -0.39 is 0 Å². The van der Waals surface area contributed by atoms with Crippen molar-refractivity contribution in [2.45, 2.75) is 0 Å². The molecular weight excluding hydrogens is 558 g/mol. The zero-order valence-corrected chi connectivity index (χ0v) is 24.9. The van der Waals surface area contributed by atoms with Crippen LogP contribution in [0.4, 0.5) is 0 Å². The predicted octanol–water partition coefficient (Wildman–Crippen LogP) is 11.0. The topological polar surface area (TPSA) is 38.7 Å². The van der Waals surface area contributed by atoms with Crippen molar-refractivity contribution < 1.29 is 0 Å². The van der Waals surface area contributed by atoms with Gasteiger partial charge < -0.3 is 0 Å². The standard InChI is InChI=1S/C43H27N3/c1-4-12-28(13-5-1)33-26-27-37-36-20-10-18-34(39(36)38-21-11-19-35(33)40(37)38)29-22-24-32(25-23-29)43-45-41(30-14-6-2-7-15-30)44-42(46-43)31-16-8-3-9-17-31/h1-27H. The van der Waals surface area contributed by atoms with Crippen LogP contribution in [0.25, 0.3) is 89.4 Å². The predicted molar refractivity (Wildman–Crippen MR) is 189 cm³/mol. The van der Waals surface area contributed by atoms with Gasteiger partial charge in [0, 0.05) is 16.7 Å². The molecule has 214 valence electrons. The minimum Gasteiger partial charge on any atom is -0.208 e. The SMILES string of the molecule is c1ccc(-c2nc(-c3ccccc3)nc(-c3ccc(-c4cccc5c4-c4cccc6c(-c7ccccc7)ccc-5c46)cc3)n2)cc1. The molecular formula is C43H27N3. The lowest BCUT2D eigenvalue weighted by atomic mass is 9.92. The van der Waals surface area contributed by atoms with Gasteiger partial charge in [-0.15, -0.1) is 0 Å². The lowest BCUT2D eigenvalue weighted by Gasteiger charge is -2.12. The molecule has 3 nitrogen and oxygen atoms in total. The first-order valence-corrected chi connectivity index (χ1v) is 15.5. The lowest BCUT2D eigenvalue weighted by molar-refractivity contribution is 1.07. The number of hydrogen-bond acceptors (Lipinski definition) is 3. The summed E-state index contributed by atoms with van der Waals surface area (Å²) in [6.07, 6.45) is 0. The molecule has 0 unspecified atom stereocenters. The number of aromatic nitrogens is 3. The number of benzene rings is 7. The van der Waals surface area contributed by atoms with Gasteiger partial charge in [-0.25, -0.2) is 15.0 Å².